The van der Waals surface area contributed by atoms with Gasteiger partial charge in [0, 0.05) is 21.5 Å². The van der Waals surface area contributed by atoms with E-state index < -0.39 is 0 Å². The molecule has 1 aromatic carbocycles. The number of rotatable bonds is 5. The minimum atomic E-state index is -0.361. The van der Waals surface area contributed by atoms with Crippen molar-refractivity contribution in [3.05, 3.63) is 55.3 Å². The average Bonchev–Trinajstić information content (AvgIpc) is 3.51. The Bertz CT molecular complexity index is 1360. The zero-order chi connectivity index (χ0) is 22.2. The molecule has 1 atom stereocenters. The van der Waals surface area contributed by atoms with Gasteiger partial charge < -0.3 is 4.74 Å². The Morgan fingerprint density at radius 1 is 1.28 bits per heavy atom. The smallest absolute Gasteiger partial charge is 0.263 e. The topological polar surface area (TPSA) is 99.0 Å². The molecule has 4 heterocycles. The molecule has 11 heteroatoms. The summed E-state index contributed by atoms with van der Waals surface area (Å²) in [6, 6.07) is 7.80. The zero-order valence-electron chi connectivity index (χ0n) is 17.0. The van der Waals surface area contributed by atoms with E-state index in [1.165, 1.54) is 33.6 Å². The summed E-state index contributed by atoms with van der Waals surface area (Å²) in [6.07, 6.45) is 3.27. The van der Waals surface area contributed by atoms with Gasteiger partial charge in [0.15, 0.2) is 0 Å². The highest BCUT2D eigenvalue weighted by molar-refractivity contribution is 9.10. The van der Waals surface area contributed by atoms with E-state index in [0.29, 0.717) is 22.0 Å². The lowest BCUT2D eigenvalue weighted by atomic mass is 10.0. The van der Waals surface area contributed by atoms with Gasteiger partial charge >= 0.3 is 0 Å². The van der Waals surface area contributed by atoms with Crippen LogP contribution in [-0.2, 0) is 16.1 Å². The fourth-order valence-electron chi connectivity index (χ4n) is 3.72. The Kier molecular flexibility index (Phi) is 5.89. The van der Waals surface area contributed by atoms with Crippen LogP contribution in [0.5, 0.6) is 0 Å². The molecule has 0 spiro atoms. The summed E-state index contributed by atoms with van der Waals surface area (Å²) in [5.74, 6) is -0.361. The highest BCUT2D eigenvalue weighted by Crippen LogP contribution is 2.36. The van der Waals surface area contributed by atoms with Gasteiger partial charge in [-0.1, -0.05) is 39.4 Å². The fourth-order valence-corrected chi connectivity index (χ4v) is 5.83. The molecule has 1 aliphatic heterocycles. The number of benzene rings is 1. The van der Waals surface area contributed by atoms with Crippen molar-refractivity contribution in [2.45, 2.75) is 32.4 Å². The number of hydrogen-bond donors (Lipinski definition) is 1. The quantitative estimate of drug-likeness (QED) is 0.405. The van der Waals surface area contributed by atoms with Gasteiger partial charge in [-0.25, -0.2) is 4.98 Å². The van der Waals surface area contributed by atoms with Gasteiger partial charge in [0.05, 0.1) is 11.7 Å². The normalized spacial score (nSPS) is 16.0. The molecule has 1 unspecified atom stereocenters. The van der Waals surface area contributed by atoms with E-state index in [2.05, 4.69) is 36.4 Å². The number of amides is 1. The van der Waals surface area contributed by atoms with Crippen molar-refractivity contribution in [1.29, 1.82) is 0 Å². The summed E-state index contributed by atoms with van der Waals surface area (Å²) in [5.41, 5.74) is 1.55. The number of ether oxygens (including phenoxy) is 1. The molecule has 32 heavy (non-hydrogen) atoms. The summed E-state index contributed by atoms with van der Waals surface area (Å²) >= 11 is 6.21. The summed E-state index contributed by atoms with van der Waals surface area (Å²) < 4.78 is 7.90. The van der Waals surface area contributed by atoms with Crippen LogP contribution in [0.4, 0.5) is 5.13 Å². The molecule has 0 bridgehead atoms. The zero-order valence-corrected chi connectivity index (χ0v) is 20.2. The monoisotopic (exact) mass is 531 g/mol. The first-order chi connectivity index (χ1) is 15.5. The Balaban J connectivity index is 1.40. The van der Waals surface area contributed by atoms with Gasteiger partial charge in [0.25, 0.3) is 5.56 Å². The van der Waals surface area contributed by atoms with Crippen LogP contribution >= 0.6 is 38.6 Å². The van der Waals surface area contributed by atoms with Gasteiger partial charge in [-0.05, 0) is 37.5 Å². The fraction of sp³-hybridized carbons (Fsp3) is 0.286. The van der Waals surface area contributed by atoms with Crippen molar-refractivity contribution in [2.24, 2.45) is 0 Å². The number of anilines is 1. The molecule has 0 aliphatic carbocycles. The molecule has 3 aromatic heterocycles. The third kappa shape index (κ3) is 4.13. The van der Waals surface area contributed by atoms with Crippen molar-refractivity contribution in [1.82, 2.24) is 19.7 Å². The minimum Gasteiger partial charge on any atom is -0.371 e. The molecule has 1 saturated heterocycles. The third-order valence-corrected chi connectivity index (χ3v) is 7.67. The first-order valence-corrected chi connectivity index (χ1v) is 12.4. The molecule has 1 aliphatic rings. The summed E-state index contributed by atoms with van der Waals surface area (Å²) in [7, 11) is 0. The van der Waals surface area contributed by atoms with E-state index in [1.54, 1.807) is 0 Å². The van der Waals surface area contributed by atoms with E-state index in [-0.39, 0.29) is 24.1 Å². The van der Waals surface area contributed by atoms with Crippen molar-refractivity contribution >= 4 is 59.9 Å². The number of fused-ring (bicyclic) bond motifs is 1. The Morgan fingerprint density at radius 2 is 2.09 bits per heavy atom. The van der Waals surface area contributed by atoms with Crippen LogP contribution in [0.25, 0.3) is 21.3 Å². The second kappa shape index (κ2) is 8.81. The van der Waals surface area contributed by atoms with Crippen LogP contribution in [0.3, 0.4) is 0 Å². The van der Waals surface area contributed by atoms with Gasteiger partial charge in [0.2, 0.25) is 11.0 Å². The molecule has 164 valence electrons. The number of halogens is 1. The lowest BCUT2D eigenvalue weighted by Crippen LogP contribution is -2.27. The van der Waals surface area contributed by atoms with Crippen molar-refractivity contribution in [3.8, 4) is 11.1 Å². The molecular weight excluding hydrogens is 514 g/mol. The number of thiophene rings is 1. The number of aromatic nitrogens is 4. The molecule has 0 radical (unpaired) electrons. The van der Waals surface area contributed by atoms with Gasteiger partial charge in [-0.2, -0.15) is 0 Å². The molecule has 1 amide bonds. The summed E-state index contributed by atoms with van der Waals surface area (Å²) in [6.45, 7) is 2.53. The number of nitrogens with one attached hydrogen (secondary N) is 1. The first-order valence-electron chi connectivity index (χ1n) is 9.99. The van der Waals surface area contributed by atoms with Crippen LogP contribution in [0.15, 0.2) is 39.9 Å². The maximum atomic E-state index is 13.3. The second-order valence-corrected chi connectivity index (χ2v) is 10.5. The highest BCUT2D eigenvalue weighted by Gasteiger charge is 2.23. The predicted molar refractivity (Wildman–Crippen MR) is 128 cm³/mol. The van der Waals surface area contributed by atoms with E-state index in [1.807, 2.05) is 31.2 Å². The number of hydrogen-bond acceptors (Lipinski definition) is 8. The molecular formula is C21H18BrN5O3S2. The number of carbonyl (C=O) groups excluding carboxylic acids is 1. The Hall–Kier alpha value is -2.47. The highest BCUT2D eigenvalue weighted by atomic mass is 79.9. The van der Waals surface area contributed by atoms with Gasteiger partial charge in [-0.15, -0.1) is 21.5 Å². The van der Waals surface area contributed by atoms with E-state index in [0.717, 1.165) is 38.3 Å². The van der Waals surface area contributed by atoms with E-state index in [9.17, 15) is 9.59 Å². The standard InChI is InChI=1S/C21H18BrN5O3S2/c1-11-16(12-4-6-13(22)7-5-12)17-19(31-11)23-10-27(20(17)29)9-15(28)24-21-26-25-18(32-21)14-3-2-8-30-14/h4-7,10,14H,2-3,8-9H2,1H3,(H,24,26,28). The van der Waals surface area contributed by atoms with E-state index >= 15 is 0 Å². The largest absolute Gasteiger partial charge is 0.371 e. The number of carbonyl (C=O) groups is 1. The first kappa shape index (κ1) is 21.4. The lowest BCUT2D eigenvalue weighted by molar-refractivity contribution is -0.116. The van der Waals surface area contributed by atoms with Gasteiger partial charge in [-0.3, -0.25) is 19.5 Å². The van der Waals surface area contributed by atoms with E-state index in [4.69, 9.17) is 4.74 Å². The Morgan fingerprint density at radius 3 is 2.84 bits per heavy atom. The van der Waals surface area contributed by atoms with Crippen LogP contribution in [0, 0.1) is 6.92 Å². The molecule has 5 rings (SSSR count). The number of aryl methyl sites for hydroxylation is 1. The van der Waals surface area contributed by atoms with Crippen LogP contribution in [0.2, 0.25) is 0 Å². The minimum absolute atomic E-state index is 0.0498. The molecule has 1 N–H and O–H groups in total. The van der Waals surface area contributed by atoms with Crippen molar-refractivity contribution in [2.75, 3.05) is 11.9 Å². The molecule has 4 aromatic rings. The summed E-state index contributed by atoms with van der Waals surface area (Å²) in [5, 5.41) is 12.6. The number of nitrogens with zero attached hydrogens (tertiary/aromatic N) is 4. The third-order valence-electron chi connectivity index (χ3n) is 5.19. The van der Waals surface area contributed by atoms with Crippen LogP contribution < -0.4 is 10.9 Å². The van der Waals surface area contributed by atoms with Crippen molar-refractivity contribution in [3.63, 3.8) is 0 Å². The lowest BCUT2D eigenvalue weighted by Gasteiger charge is -2.06. The average molecular weight is 532 g/mol. The molecule has 1 fully saturated rings. The SMILES string of the molecule is Cc1sc2ncn(CC(=O)Nc3nnc(C4CCCO4)s3)c(=O)c2c1-c1ccc(Br)cc1. The molecule has 0 saturated carbocycles. The van der Waals surface area contributed by atoms with Crippen molar-refractivity contribution < 1.29 is 9.53 Å². The maximum Gasteiger partial charge on any atom is 0.263 e. The van der Waals surface area contributed by atoms with Crippen LogP contribution in [-0.4, -0.2) is 32.3 Å². The predicted octanol–water partition coefficient (Wildman–Crippen LogP) is 4.54. The van der Waals surface area contributed by atoms with Crippen LogP contribution in [0.1, 0.15) is 28.8 Å². The maximum absolute atomic E-state index is 13.3. The Labute approximate surface area is 199 Å². The summed E-state index contributed by atoms with van der Waals surface area (Å²) in [4.78, 5) is 32.0. The van der Waals surface area contributed by atoms with Gasteiger partial charge in [0.1, 0.15) is 22.5 Å². The molecule has 8 nitrogen and oxygen atoms in total. The second-order valence-electron chi connectivity index (χ2n) is 7.39.